The maximum absolute atomic E-state index is 10.9. The summed E-state index contributed by atoms with van der Waals surface area (Å²) in [5.74, 6) is -0.109. The molecule has 0 spiro atoms. The van der Waals surface area contributed by atoms with E-state index in [1.54, 1.807) is 13.2 Å². The van der Waals surface area contributed by atoms with Gasteiger partial charge in [0.2, 0.25) is 0 Å². The quantitative estimate of drug-likeness (QED) is 0.793. The zero-order valence-corrected chi connectivity index (χ0v) is 11.8. The van der Waals surface area contributed by atoms with Crippen molar-refractivity contribution in [1.29, 1.82) is 0 Å². The molecule has 1 aromatic rings. The van der Waals surface area contributed by atoms with Crippen LogP contribution >= 0.6 is 0 Å². The van der Waals surface area contributed by atoms with Crippen LogP contribution in [-0.4, -0.2) is 55.6 Å². The topological polar surface area (TPSA) is 71.9 Å². The highest BCUT2D eigenvalue weighted by molar-refractivity contribution is 5.87. The van der Waals surface area contributed by atoms with Gasteiger partial charge in [0, 0.05) is 26.4 Å². The molecule has 1 atom stereocenters. The van der Waals surface area contributed by atoms with E-state index in [4.69, 9.17) is 14.6 Å². The number of aryl methyl sites for hydroxylation is 1. The number of ether oxygens (including phenoxy) is 2. The smallest absolute Gasteiger partial charge is 0.337 e. The van der Waals surface area contributed by atoms with Crippen molar-refractivity contribution in [2.75, 3.05) is 38.3 Å². The Morgan fingerprint density at radius 2 is 2.35 bits per heavy atom. The van der Waals surface area contributed by atoms with E-state index in [1.807, 2.05) is 6.92 Å². The second kappa shape index (κ2) is 6.67. The zero-order valence-electron chi connectivity index (χ0n) is 11.8. The second-order valence-electron chi connectivity index (χ2n) is 4.89. The molecule has 0 saturated carbocycles. The number of pyridine rings is 1. The maximum Gasteiger partial charge on any atom is 0.337 e. The van der Waals surface area contributed by atoms with Crippen molar-refractivity contribution in [3.05, 3.63) is 23.4 Å². The summed E-state index contributed by atoms with van der Waals surface area (Å²) in [6.07, 6.45) is 2.54. The predicted molar refractivity (Wildman–Crippen MR) is 74.4 cm³/mol. The van der Waals surface area contributed by atoms with Crippen molar-refractivity contribution >= 4 is 11.8 Å². The monoisotopic (exact) mass is 280 g/mol. The number of aromatic nitrogens is 1. The molecule has 0 bridgehead atoms. The Kier molecular flexibility index (Phi) is 4.92. The lowest BCUT2D eigenvalue weighted by molar-refractivity contribution is 0.0280. The molecule has 0 radical (unpaired) electrons. The Balaban J connectivity index is 1.97. The largest absolute Gasteiger partial charge is 0.478 e. The summed E-state index contributed by atoms with van der Waals surface area (Å²) in [6, 6.07) is 1.66. The Labute approximate surface area is 118 Å². The van der Waals surface area contributed by atoms with Crippen molar-refractivity contribution in [3.8, 4) is 0 Å². The number of rotatable bonds is 6. The van der Waals surface area contributed by atoms with Gasteiger partial charge in [0.25, 0.3) is 0 Å². The van der Waals surface area contributed by atoms with Crippen LogP contribution in [0.1, 0.15) is 22.3 Å². The van der Waals surface area contributed by atoms with Gasteiger partial charge in [0.05, 0.1) is 24.9 Å². The third-order valence-corrected chi connectivity index (χ3v) is 3.38. The van der Waals surface area contributed by atoms with Crippen LogP contribution in [0.25, 0.3) is 0 Å². The lowest BCUT2D eigenvalue weighted by Gasteiger charge is -2.19. The van der Waals surface area contributed by atoms with Gasteiger partial charge in [-0.15, -0.1) is 0 Å². The molecular weight excluding hydrogens is 260 g/mol. The third-order valence-electron chi connectivity index (χ3n) is 3.38. The van der Waals surface area contributed by atoms with E-state index in [0.717, 1.165) is 30.9 Å². The number of carboxylic acid groups (broad SMARTS) is 1. The minimum absolute atomic E-state index is 0.186. The molecular formula is C14H20N2O4. The van der Waals surface area contributed by atoms with Gasteiger partial charge >= 0.3 is 5.97 Å². The summed E-state index contributed by atoms with van der Waals surface area (Å²) < 4.78 is 10.7. The Morgan fingerprint density at radius 1 is 1.55 bits per heavy atom. The number of aromatic carboxylic acids is 1. The van der Waals surface area contributed by atoms with Crippen LogP contribution in [0, 0.1) is 6.92 Å². The fraction of sp³-hybridized carbons (Fsp3) is 0.571. The molecule has 1 aliphatic rings. The molecule has 110 valence electrons. The molecule has 6 nitrogen and oxygen atoms in total. The van der Waals surface area contributed by atoms with E-state index in [-0.39, 0.29) is 11.7 Å². The lowest BCUT2D eigenvalue weighted by atomic mass is 10.2. The molecule has 0 aromatic carbocycles. The highest BCUT2D eigenvalue weighted by Crippen LogP contribution is 2.23. The first-order valence-corrected chi connectivity index (χ1v) is 6.67. The minimum atomic E-state index is -0.950. The Hall–Kier alpha value is -1.66. The van der Waals surface area contributed by atoms with Crippen LogP contribution in [0.4, 0.5) is 5.82 Å². The number of carboxylic acids is 1. The Morgan fingerprint density at radius 3 is 3.00 bits per heavy atom. The van der Waals surface area contributed by atoms with Crippen LogP contribution in [0.5, 0.6) is 0 Å². The summed E-state index contributed by atoms with van der Waals surface area (Å²) in [5.41, 5.74) is 1.10. The molecule has 2 rings (SSSR count). The SMILES string of the molecule is COCCO[C@@H]1CCN(c2ncc(C(=O)O)cc2C)C1. The van der Waals surface area contributed by atoms with Crippen LogP contribution in [0.2, 0.25) is 0 Å². The fourth-order valence-electron chi connectivity index (χ4n) is 2.37. The maximum atomic E-state index is 10.9. The highest BCUT2D eigenvalue weighted by atomic mass is 16.5. The van der Waals surface area contributed by atoms with Crippen LogP contribution in [-0.2, 0) is 9.47 Å². The van der Waals surface area contributed by atoms with Crippen molar-refractivity contribution in [1.82, 2.24) is 4.98 Å². The van der Waals surface area contributed by atoms with E-state index >= 15 is 0 Å². The zero-order chi connectivity index (χ0) is 14.5. The minimum Gasteiger partial charge on any atom is -0.478 e. The van der Waals surface area contributed by atoms with Gasteiger partial charge in [0.15, 0.2) is 0 Å². The van der Waals surface area contributed by atoms with E-state index in [2.05, 4.69) is 9.88 Å². The molecule has 1 N–H and O–H groups in total. The molecule has 1 fully saturated rings. The van der Waals surface area contributed by atoms with E-state index in [1.165, 1.54) is 6.20 Å². The predicted octanol–water partition coefficient (Wildman–Crippen LogP) is 1.33. The van der Waals surface area contributed by atoms with Crippen molar-refractivity contribution in [2.45, 2.75) is 19.4 Å². The molecule has 1 aliphatic heterocycles. The van der Waals surface area contributed by atoms with Crippen LogP contribution in [0.3, 0.4) is 0 Å². The number of anilines is 1. The molecule has 6 heteroatoms. The molecule has 2 heterocycles. The third kappa shape index (κ3) is 3.46. The summed E-state index contributed by atoms with van der Waals surface area (Å²) in [7, 11) is 1.65. The first-order chi connectivity index (χ1) is 9.61. The van der Waals surface area contributed by atoms with E-state index in [0.29, 0.717) is 13.2 Å². The molecule has 1 saturated heterocycles. The van der Waals surface area contributed by atoms with Crippen molar-refractivity contribution in [3.63, 3.8) is 0 Å². The standard InChI is InChI=1S/C14H20N2O4/c1-10-7-11(14(17)18)8-15-13(10)16-4-3-12(9-16)20-6-5-19-2/h7-8,12H,3-6,9H2,1-2H3,(H,17,18)/t12-/m1/s1. The number of nitrogens with zero attached hydrogens (tertiary/aromatic N) is 2. The molecule has 1 aromatic heterocycles. The van der Waals surface area contributed by atoms with Gasteiger partial charge < -0.3 is 19.5 Å². The van der Waals surface area contributed by atoms with Gasteiger partial charge in [-0.3, -0.25) is 0 Å². The molecule has 20 heavy (non-hydrogen) atoms. The van der Waals surface area contributed by atoms with E-state index in [9.17, 15) is 4.79 Å². The number of hydrogen-bond acceptors (Lipinski definition) is 5. The molecule has 0 aliphatic carbocycles. The summed E-state index contributed by atoms with van der Waals surface area (Å²) in [6.45, 7) is 4.73. The van der Waals surface area contributed by atoms with Gasteiger partial charge in [0.1, 0.15) is 5.82 Å². The first-order valence-electron chi connectivity index (χ1n) is 6.67. The van der Waals surface area contributed by atoms with Gasteiger partial charge in [-0.2, -0.15) is 0 Å². The van der Waals surface area contributed by atoms with Crippen molar-refractivity contribution in [2.24, 2.45) is 0 Å². The number of methoxy groups -OCH3 is 1. The van der Waals surface area contributed by atoms with Crippen LogP contribution in [0.15, 0.2) is 12.3 Å². The van der Waals surface area contributed by atoms with Gasteiger partial charge in [-0.25, -0.2) is 9.78 Å². The molecule has 0 unspecified atom stereocenters. The van der Waals surface area contributed by atoms with E-state index < -0.39 is 5.97 Å². The fourth-order valence-corrected chi connectivity index (χ4v) is 2.37. The molecule has 0 amide bonds. The second-order valence-corrected chi connectivity index (χ2v) is 4.89. The highest BCUT2D eigenvalue weighted by Gasteiger charge is 2.25. The number of hydrogen-bond donors (Lipinski definition) is 1. The van der Waals surface area contributed by atoms with Gasteiger partial charge in [-0.1, -0.05) is 0 Å². The average Bonchev–Trinajstić information content (AvgIpc) is 2.87. The number of carbonyl (C=O) groups is 1. The summed E-state index contributed by atoms with van der Waals surface area (Å²) in [5, 5.41) is 8.94. The van der Waals surface area contributed by atoms with Crippen LogP contribution < -0.4 is 4.90 Å². The normalized spacial score (nSPS) is 18.5. The summed E-state index contributed by atoms with van der Waals surface area (Å²) >= 11 is 0. The average molecular weight is 280 g/mol. The lowest BCUT2D eigenvalue weighted by Crippen LogP contribution is -2.25. The van der Waals surface area contributed by atoms with Crippen molar-refractivity contribution < 1.29 is 19.4 Å². The van der Waals surface area contributed by atoms with Gasteiger partial charge in [-0.05, 0) is 25.0 Å². The first kappa shape index (κ1) is 14.7. The summed E-state index contributed by atoms with van der Waals surface area (Å²) in [4.78, 5) is 17.3. The Bertz CT molecular complexity index is 478.